The van der Waals surface area contributed by atoms with E-state index in [9.17, 15) is 18.3 Å². The van der Waals surface area contributed by atoms with Crippen LogP contribution in [0.3, 0.4) is 0 Å². The first-order valence-electron chi connectivity index (χ1n) is 12.8. The van der Waals surface area contributed by atoms with Gasteiger partial charge in [0.1, 0.15) is 11.5 Å². The largest absolute Gasteiger partial charge is 0.481 e. The quantitative estimate of drug-likeness (QED) is 0.274. The van der Waals surface area contributed by atoms with Crippen LogP contribution in [0.15, 0.2) is 42.7 Å². The molecule has 5 rings (SSSR count). The molecule has 0 amide bonds. The average Bonchev–Trinajstić information content (AvgIpc) is 3.38. The lowest BCUT2D eigenvalue weighted by molar-refractivity contribution is -0.141. The maximum absolute atomic E-state index is 13.2. The van der Waals surface area contributed by atoms with Crippen molar-refractivity contribution in [2.75, 3.05) is 20.2 Å². The van der Waals surface area contributed by atoms with Crippen LogP contribution < -0.4 is 10.1 Å². The van der Waals surface area contributed by atoms with Crippen LogP contribution in [0.2, 0.25) is 5.02 Å². The Hall–Kier alpha value is -3.21. The summed E-state index contributed by atoms with van der Waals surface area (Å²) in [7, 11) is 1.56. The number of aromatic nitrogens is 4. The number of imidazole rings is 1. The fraction of sp³-hybridized carbons (Fsp3) is 0.393. The second-order valence-electron chi connectivity index (χ2n) is 9.90. The molecule has 0 aliphatic carbocycles. The summed E-state index contributed by atoms with van der Waals surface area (Å²) in [6, 6.07) is 7.15. The van der Waals surface area contributed by atoms with E-state index in [0.717, 1.165) is 50.2 Å². The average molecular weight is 560 g/mol. The molecule has 0 saturated carbocycles. The zero-order chi connectivity index (χ0) is 27.8. The number of aromatic amines is 1. The van der Waals surface area contributed by atoms with Crippen LogP contribution in [0.25, 0.3) is 10.9 Å². The molecule has 1 saturated heterocycles. The van der Waals surface area contributed by atoms with Crippen LogP contribution in [0.4, 0.5) is 13.2 Å². The second-order valence-corrected chi connectivity index (χ2v) is 10.3. The predicted molar refractivity (Wildman–Crippen MR) is 142 cm³/mol. The van der Waals surface area contributed by atoms with Crippen LogP contribution in [-0.2, 0) is 18.2 Å². The summed E-state index contributed by atoms with van der Waals surface area (Å²) >= 11 is 6.96. The number of pyridine rings is 2. The van der Waals surface area contributed by atoms with Gasteiger partial charge in [0.15, 0.2) is 5.60 Å². The smallest absolute Gasteiger partial charge is 0.433 e. The molecule has 4 heterocycles. The van der Waals surface area contributed by atoms with Crippen molar-refractivity contribution in [3.8, 4) is 5.88 Å². The van der Waals surface area contributed by atoms with Crippen LogP contribution in [0, 0.1) is 12.8 Å². The maximum atomic E-state index is 13.2. The Bertz CT molecular complexity index is 1470. The Kier molecular flexibility index (Phi) is 7.54. The second kappa shape index (κ2) is 10.7. The number of halogens is 4. The van der Waals surface area contributed by atoms with Gasteiger partial charge in [0.25, 0.3) is 0 Å². The highest BCUT2D eigenvalue weighted by atomic mass is 35.5. The molecule has 3 N–H and O–H groups in total. The third kappa shape index (κ3) is 5.33. The third-order valence-electron chi connectivity index (χ3n) is 7.41. The number of alkyl halides is 3. The highest BCUT2D eigenvalue weighted by Crippen LogP contribution is 2.41. The van der Waals surface area contributed by atoms with Crippen LogP contribution in [0.1, 0.15) is 53.2 Å². The molecule has 0 bridgehead atoms. The molecule has 206 valence electrons. The molecule has 1 unspecified atom stereocenters. The number of H-pyrrole nitrogens is 1. The van der Waals surface area contributed by atoms with E-state index in [1.807, 2.05) is 0 Å². The molecule has 11 heteroatoms. The van der Waals surface area contributed by atoms with Gasteiger partial charge >= 0.3 is 6.18 Å². The summed E-state index contributed by atoms with van der Waals surface area (Å²) in [6.07, 6.45) is 1.71. The zero-order valence-electron chi connectivity index (χ0n) is 21.6. The number of nitrogens with one attached hydrogen (secondary N) is 2. The summed E-state index contributed by atoms with van der Waals surface area (Å²) in [5.74, 6) is 1.57. The summed E-state index contributed by atoms with van der Waals surface area (Å²) < 4.78 is 45.1. The van der Waals surface area contributed by atoms with Gasteiger partial charge in [-0.05, 0) is 75.4 Å². The summed E-state index contributed by atoms with van der Waals surface area (Å²) in [6.45, 7) is 3.72. The Morgan fingerprint density at radius 3 is 2.44 bits per heavy atom. The number of hydrogen-bond donors (Lipinski definition) is 3. The van der Waals surface area contributed by atoms with Crippen molar-refractivity contribution in [2.24, 2.45) is 5.92 Å². The van der Waals surface area contributed by atoms with Gasteiger partial charge in [-0.1, -0.05) is 23.7 Å². The Morgan fingerprint density at radius 2 is 1.82 bits per heavy atom. The van der Waals surface area contributed by atoms with Gasteiger partial charge in [-0.25, -0.2) is 9.97 Å². The summed E-state index contributed by atoms with van der Waals surface area (Å²) in [4.78, 5) is 15.5. The molecule has 0 radical (unpaired) electrons. The van der Waals surface area contributed by atoms with Crippen molar-refractivity contribution in [1.29, 1.82) is 0 Å². The van der Waals surface area contributed by atoms with Gasteiger partial charge in [-0.3, -0.25) is 4.98 Å². The van der Waals surface area contributed by atoms with E-state index in [4.69, 9.17) is 16.3 Å². The normalized spacial score (nSPS) is 16.4. The molecular weight excluding hydrogens is 531 g/mol. The first-order valence-corrected chi connectivity index (χ1v) is 13.1. The summed E-state index contributed by atoms with van der Waals surface area (Å²) in [5, 5.41) is 16.6. The molecule has 1 aliphatic heterocycles. The molecule has 1 fully saturated rings. The van der Waals surface area contributed by atoms with E-state index < -0.39 is 17.5 Å². The minimum absolute atomic E-state index is 0.141. The third-order valence-corrected chi connectivity index (χ3v) is 7.85. The van der Waals surface area contributed by atoms with Crippen LogP contribution >= 0.6 is 11.6 Å². The number of aliphatic hydroxyl groups is 1. The van der Waals surface area contributed by atoms with E-state index in [1.54, 1.807) is 32.2 Å². The lowest BCUT2D eigenvalue weighted by atomic mass is 9.83. The number of aryl methyl sites for hydroxylation is 1. The van der Waals surface area contributed by atoms with E-state index in [2.05, 4.69) is 25.3 Å². The van der Waals surface area contributed by atoms with Crippen molar-refractivity contribution in [3.63, 3.8) is 0 Å². The molecule has 1 atom stereocenters. The van der Waals surface area contributed by atoms with Crippen LogP contribution in [-0.4, -0.2) is 45.2 Å². The number of nitrogens with zero attached hydrogens (tertiary/aromatic N) is 3. The number of rotatable bonds is 7. The monoisotopic (exact) mass is 559 g/mol. The van der Waals surface area contributed by atoms with Crippen molar-refractivity contribution in [3.05, 3.63) is 81.7 Å². The molecule has 39 heavy (non-hydrogen) atoms. The minimum Gasteiger partial charge on any atom is -0.481 e. The Labute approximate surface area is 228 Å². The topological polar surface area (TPSA) is 95.9 Å². The summed E-state index contributed by atoms with van der Waals surface area (Å²) in [5.41, 5.74) is -0.777. The standard InChI is InChI=1S/C28H29ClF3N5O2/c1-16-34-15-24(36-16)27(38,19-5-8-23(35-14-19)28(30,31)32)18-4-7-22-21(13-18)25(29)20(26(37-22)39-2)6-3-17-9-11-33-12-10-17/h4-5,7-8,13-15,17,33,38H,3,6,9-12H2,1-2H3,(H,34,36). The van der Waals surface area contributed by atoms with Crippen LogP contribution in [0.5, 0.6) is 5.88 Å². The number of fused-ring (bicyclic) bond motifs is 1. The van der Waals surface area contributed by atoms with Crippen molar-refractivity contribution < 1.29 is 23.0 Å². The van der Waals surface area contributed by atoms with Gasteiger partial charge in [0.2, 0.25) is 5.88 Å². The number of ether oxygens (including phenoxy) is 1. The Balaban J connectivity index is 1.61. The lowest BCUT2D eigenvalue weighted by Crippen LogP contribution is -2.30. The first-order chi connectivity index (χ1) is 18.6. The molecule has 4 aromatic rings. The fourth-order valence-corrected chi connectivity index (χ4v) is 5.56. The minimum atomic E-state index is -4.60. The van der Waals surface area contributed by atoms with Crippen molar-refractivity contribution in [2.45, 2.75) is 44.4 Å². The molecule has 1 aromatic carbocycles. The molecular formula is C28H29ClF3N5O2. The number of hydrogen-bond acceptors (Lipinski definition) is 6. The predicted octanol–water partition coefficient (Wildman–Crippen LogP) is 5.56. The van der Waals surface area contributed by atoms with E-state index in [-0.39, 0.29) is 11.3 Å². The number of piperidine rings is 1. The van der Waals surface area contributed by atoms with Gasteiger partial charge in [-0.15, -0.1) is 0 Å². The van der Waals surface area contributed by atoms with E-state index >= 15 is 0 Å². The lowest BCUT2D eigenvalue weighted by Gasteiger charge is -2.28. The number of benzene rings is 1. The highest BCUT2D eigenvalue weighted by Gasteiger charge is 2.38. The van der Waals surface area contributed by atoms with Gasteiger partial charge < -0.3 is 20.1 Å². The zero-order valence-corrected chi connectivity index (χ0v) is 22.3. The van der Waals surface area contributed by atoms with Crippen molar-refractivity contribution in [1.82, 2.24) is 25.3 Å². The van der Waals surface area contributed by atoms with Gasteiger partial charge in [0.05, 0.1) is 29.5 Å². The fourth-order valence-electron chi connectivity index (χ4n) is 5.23. The van der Waals surface area contributed by atoms with Gasteiger partial charge in [-0.2, -0.15) is 13.2 Å². The number of methoxy groups -OCH3 is 1. The Morgan fingerprint density at radius 1 is 1.08 bits per heavy atom. The van der Waals surface area contributed by atoms with E-state index in [1.165, 1.54) is 12.3 Å². The molecule has 7 nitrogen and oxygen atoms in total. The molecule has 3 aromatic heterocycles. The van der Waals surface area contributed by atoms with Crippen molar-refractivity contribution >= 4 is 22.5 Å². The van der Waals surface area contributed by atoms with Gasteiger partial charge in [0, 0.05) is 22.7 Å². The molecule has 1 aliphatic rings. The van der Waals surface area contributed by atoms with E-state index in [0.29, 0.717) is 45.5 Å². The SMILES string of the molecule is COc1nc2ccc(C(O)(c3ccc(C(F)(F)F)nc3)c3cnc(C)[nH]3)cc2c(Cl)c1CCC1CCNCC1. The maximum Gasteiger partial charge on any atom is 0.433 e. The molecule has 0 spiro atoms. The highest BCUT2D eigenvalue weighted by molar-refractivity contribution is 6.36. The first kappa shape index (κ1) is 27.4.